The Morgan fingerprint density at radius 1 is 1.24 bits per heavy atom. The molecule has 2 N–H and O–H groups in total. The van der Waals surface area contributed by atoms with Crippen LogP contribution in [0.25, 0.3) is 0 Å². The number of nitrogen functional groups attached to an aromatic ring is 1. The smallest absolute Gasteiger partial charge is 0.292 e. The Balaban J connectivity index is 1.73. The zero-order valence-electron chi connectivity index (χ0n) is 12.3. The van der Waals surface area contributed by atoms with Crippen LogP contribution in [-0.2, 0) is 6.54 Å². The second-order valence-electron chi connectivity index (χ2n) is 6.37. The number of likely N-dealkylation sites (tertiary alicyclic amines) is 1. The molecule has 0 aromatic heterocycles. The van der Waals surface area contributed by atoms with Gasteiger partial charge in [0.05, 0.1) is 4.92 Å². The minimum atomic E-state index is -0.419. The lowest BCUT2D eigenvalue weighted by Crippen LogP contribution is -2.46. The van der Waals surface area contributed by atoms with E-state index in [0.717, 1.165) is 24.6 Å². The third-order valence-corrected chi connectivity index (χ3v) is 5.03. The quantitative estimate of drug-likeness (QED) is 0.526. The zero-order chi connectivity index (χ0) is 14.8. The van der Waals surface area contributed by atoms with Crippen molar-refractivity contribution in [1.29, 1.82) is 0 Å². The minimum Gasteiger partial charge on any atom is -0.393 e. The lowest BCUT2D eigenvalue weighted by atomic mass is 9.78. The molecule has 5 nitrogen and oxygen atoms in total. The lowest BCUT2D eigenvalue weighted by molar-refractivity contribution is -0.383. The molecular formula is C16H23N3O2. The van der Waals surface area contributed by atoms with Gasteiger partial charge in [-0.2, -0.15) is 0 Å². The molecule has 5 heteroatoms. The van der Waals surface area contributed by atoms with Gasteiger partial charge in [0, 0.05) is 18.7 Å². The number of nitrogens with zero attached hydrogens (tertiary/aromatic N) is 2. The molecule has 1 heterocycles. The molecule has 1 aromatic rings. The third-order valence-electron chi connectivity index (χ3n) is 5.03. The van der Waals surface area contributed by atoms with Gasteiger partial charge in [0.1, 0.15) is 5.69 Å². The molecule has 0 amide bonds. The minimum absolute atomic E-state index is 0.00735. The average molecular weight is 289 g/mol. The molecule has 2 fully saturated rings. The van der Waals surface area contributed by atoms with E-state index in [-0.39, 0.29) is 11.4 Å². The third kappa shape index (κ3) is 3.02. The second-order valence-corrected chi connectivity index (χ2v) is 6.37. The number of nitrogens with two attached hydrogens (primary N) is 1. The summed E-state index contributed by atoms with van der Waals surface area (Å²) < 4.78 is 0. The number of benzene rings is 1. The van der Waals surface area contributed by atoms with E-state index in [1.54, 1.807) is 6.07 Å². The van der Waals surface area contributed by atoms with Crippen LogP contribution >= 0.6 is 0 Å². The number of rotatable bonds is 3. The van der Waals surface area contributed by atoms with Crippen LogP contribution in [-0.4, -0.2) is 22.4 Å². The summed E-state index contributed by atoms with van der Waals surface area (Å²) in [5, 5.41) is 10.8. The Hall–Kier alpha value is -1.62. The molecule has 1 saturated carbocycles. The van der Waals surface area contributed by atoms with Gasteiger partial charge in [-0.3, -0.25) is 15.0 Å². The van der Waals surface area contributed by atoms with Crippen molar-refractivity contribution in [2.45, 2.75) is 51.1 Å². The van der Waals surface area contributed by atoms with E-state index in [4.69, 9.17) is 5.73 Å². The molecule has 3 rings (SSSR count). The van der Waals surface area contributed by atoms with E-state index in [1.807, 2.05) is 6.07 Å². The number of hydrogen-bond donors (Lipinski definition) is 1. The van der Waals surface area contributed by atoms with Crippen molar-refractivity contribution < 1.29 is 4.92 Å². The van der Waals surface area contributed by atoms with Gasteiger partial charge in [-0.15, -0.1) is 0 Å². The van der Waals surface area contributed by atoms with Crippen LogP contribution in [0.1, 0.15) is 44.1 Å². The molecule has 1 saturated heterocycles. The van der Waals surface area contributed by atoms with Crippen LogP contribution in [0.3, 0.4) is 0 Å². The predicted molar refractivity (Wildman–Crippen MR) is 82.9 cm³/mol. The summed E-state index contributed by atoms with van der Waals surface area (Å²) in [4.78, 5) is 13.0. The largest absolute Gasteiger partial charge is 0.393 e. The fraction of sp³-hybridized carbons (Fsp3) is 0.625. The Labute approximate surface area is 125 Å². The number of nitro groups is 1. The van der Waals surface area contributed by atoms with E-state index < -0.39 is 4.92 Å². The summed E-state index contributed by atoms with van der Waals surface area (Å²) in [6.45, 7) is 2.00. The van der Waals surface area contributed by atoms with E-state index in [1.165, 1.54) is 44.6 Å². The fourth-order valence-electron chi connectivity index (χ4n) is 4.03. The van der Waals surface area contributed by atoms with E-state index >= 15 is 0 Å². The Morgan fingerprint density at radius 2 is 2.00 bits per heavy atom. The summed E-state index contributed by atoms with van der Waals surface area (Å²) in [5.74, 6) is 0.850. The highest BCUT2D eigenvalue weighted by molar-refractivity contribution is 5.59. The van der Waals surface area contributed by atoms with Crippen LogP contribution < -0.4 is 5.73 Å². The van der Waals surface area contributed by atoms with Crippen LogP contribution in [0.4, 0.5) is 11.4 Å². The maximum atomic E-state index is 10.8. The van der Waals surface area contributed by atoms with Crippen LogP contribution in [0.15, 0.2) is 18.2 Å². The summed E-state index contributed by atoms with van der Waals surface area (Å²) in [6.07, 6.45) is 8.00. The van der Waals surface area contributed by atoms with Gasteiger partial charge >= 0.3 is 0 Å². The molecule has 2 atom stereocenters. The van der Waals surface area contributed by atoms with Gasteiger partial charge in [0.25, 0.3) is 5.69 Å². The van der Waals surface area contributed by atoms with Gasteiger partial charge in [-0.1, -0.05) is 18.9 Å². The van der Waals surface area contributed by atoms with Crippen molar-refractivity contribution in [2.24, 2.45) is 5.92 Å². The summed E-state index contributed by atoms with van der Waals surface area (Å²) in [7, 11) is 0. The molecule has 0 spiro atoms. The van der Waals surface area contributed by atoms with Crippen LogP contribution in [0.5, 0.6) is 0 Å². The Bertz CT molecular complexity index is 530. The Morgan fingerprint density at radius 3 is 2.76 bits per heavy atom. The van der Waals surface area contributed by atoms with Gasteiger partial charge in [0.2, 0.25) is 0 Å². The molecule has 21 heavy (non-hydrogen) atoms. The maximum Gasteiger partial charge on any atom is 0.292 e. The van der Waals surface area contributed by atoms with Crippen LogP contribution in [0.2, 0.25) is 0 Å². The van der Waals surface area contributed by atoms with Gasteiger partial charge in [-0.25, -0.2) is 0 Å². The molecular weight excluding hydrogens is 266 g/mol. The van der Waals surface area contributed by atoms with Gasteiger partial charge in [0.15, 0.2) is 0 Å². The van der Waals surface area contributed by atoms with Gasteiger partial charge in [-0.05, 0) is 49.8 Å². The van der Waals surface area contributed by atoms with Crippen molar-refractivity contribution in [2.75, 3.05) is 12.3 Å². The Kier molecular flexibility index (Phi) is 4.10. The number of anilines is 1. The first kappa shape index (κ1) is 14.3. The first-order valence-electron chi connectivity index (χ1n) is 7.92. The normalized spacial score (nSPS) is 26.3. The predicted octanol–water partition coefficient (Wildman–Crippen LogP) is 3.33. The van der Waals surface area contributed by atoms with Gasteiger partial charge < -0.3 is 5.73 Å². The molecule has 114 valence electrons. The van der Waals surface area contributed by atoms with E-state index in [0.29, 0.717) is 6.04 Å². The molecule has 1 aliphatic carbocycles. The van der Waals surface area contributed by atoms with E-state index in [9.17, 15) is 10.1 Å². The monoisotopic (exact) mass is 289 g/mol. The standard InChI is InChI=1S/C16H23N3O2/c17-14-10-12(7-8-16(14)19(20)21)11-18-9-3-5-13-4-1-2-6-15(13)18/h7-8,10,13,15H,1-6,9,11,17H2. The molecule has 0 bridgehead atoms. The second kappa shape index (κ2) is 6.02. The first-order chi connectivity index (χ1) is 10.1. The SMILES string of the molecule is Nc1cc(CN2CCCC3CCCCC32)ccc1[N+](=O)[O-]. The van der Waals surface area contributed by atoms with Crippen molar-refractivity contribution in [1.82, 2.24) is 4.90 Å². The number of hydrogen-bond acceptors (Lipinski definition) is 4. The highest BCUT2D eigenvalue weighted by Crippen LogP contribution is 2.36. The van der Waals surface area contributed by atoms with Crippen LogP contribution in [0, 0.1) is 16.0 Å². The molecule has 2 unspecified atom stereocenters. The van der Waals surface area contributed by atoms with Crippen molar-refractivity contribution in [3.8, 4) is 0 Å². The summed E-state index contributed by atoms with van der Waals surface area (Å²) >= 11 is 0. The number of fused-ring (bicyclic) bond motifs is 1. The molecule has 1 aromatic carbocycles. The van der Waals surface area contributed by atoms with E-state index in [2.05, 4.69) is 4.90 Å². The highest BCUT2D eigenvalue weighted by atomic mass is 16.6. The van der Waals surface area contributed by atoms with Crippen molar-refractivity contribution >= 4 is 11.4 Å². The zero-order valence-corrected chi connectivity index (χ0v) is 12.3. The fourth-order valence-corrected chi connectivity index (χ4v) is 4.03. The van der Waals surface area contributed by atoms with Crippen molar-refractivity contribution in [3.63, 3.8) is 0 Å². The first-order valence-corrected chi connectivity index (χ1v) is 7.92. The lowest BCUT2D eigenvalue weighted by Gasteiger charge is -2.44. The molecule has 1 aliphatic heterocycles. The average Bonchev–Trinajstić information content (AvgIpc) is 2.47. The number of piperidine rings is 1. The van der Waals surface area contributed by atoms with Crippen molar-refractivity contribution in [3.05, 3.63) is 33.9 Å². The summed E-state index contributed by atoms with van der Waals surface area (Å²) in [6, 6.07) is 5.85. The topological polar surface area (TPSA) is 72.4 Å². The maximum absolute atomic E-state index is 10.8. The summed E-state index contributed by atoms with van der Waals surface area (Å²) in [5.41, 5.74) is 7.17. The molecule has 0 radical (unpaired) electrons. The highest BCUT2D eigenvalue weighted by Gasteiger charge is 2.33. The molecule has 2 aliphatic rings. The number of nitro benzene ring substituents is 1.